The number of nitrogens with zero attached hydrogens (tertiary/aromatic N) is 3. The van der Waals surface area contributed by atoms with Crippen LogP contribution in [-0.2, 0) is 6.42 Å². The maximum Gasteiger partial charge on any atom is 0.271 e. The number of non-ortho nitro benzene ring substituents is 1. The third-order valence-corrected chi connectivity index (χ3v) is 9.67. The van der Waals surface area contributed by atoms with Crippen molar-refractivity contribution in [2.24, 2.45) is 4.99 Å². The average molecular weight is 595 g/mol. The van der Waals surface area contributed by atoms with Crippen LogP contribution in [0.25, 0.3) is 33.9 Å². The molecule has 1 N–H and O–H groups in total. The first-order chi connectivity index (χ1) is 21.5. The van der Waals surface area contributed by atoms with Gasteiger partial charge < -0.3 is 4.98 Å². The van der Waals surface area contributed by atoms with E-state index in [1.54, 1.807) is 16.7 Å². The van der Waals surface area contributed by atoms with Crippen molar-refractivity contribution in [3.63, 3.8) is 0 Å². The van der Waals surface area contributed by atoms with Gasteiger partial charge in [0.2, 0.25) is 0 Å². The summed E-state index contributed by atoms with van der Waals surface area (Å²) in [6.07, 6.45) is 3.51. The Morgan fingerprint density at radius 2 is 1.77 bits per heavy atom. The van der Waals surface area contributed by atoms with E-state index in [4.69, 9.17) is 4.99 Å². The first-order valence-electron chi connectivity index (χ1n) is 14.5. The number of hydrogen-bond acceptors (Lipinski definition) is 5. The quantitative estimate of drug-likeness (QED) is 0.182. The number of aromatic nitrogens is 2. The number of H-pyrrole nitrogens is 1. The predicted octanol–water partition coefficient (Wildman–Crippen LogP) is 6.68. The number of allylic oxidation sites excluding steroid dienone is 1. The number of aryl methyl sites for hydroxylation is 2. The van der Waals surface area contributed by atoms with Crippen molar-refractivity contribution < 1.29 is 4.92 Å². The minimum absolute atomic E-state index is 0.00153. The summed E-state index contributed by atoms with van der Waals surface area (Å²) in [4.78, 5) is 35.1. The Morgan fingerprint density at radius 1 is 0.977 bits per heavy atom. The summed E-state index contributed by atoms with van der Waals surface area (Å²) in [7, 11) is 0. The maximum absolute atomic E-state index is 14.4. The van der Waals surface area contributed by atoms with E-state index >= 15 is 0 Å². The van der Waals surface area contributed by atoms with Gasteiger partial charge in [-0.15, -0.1) is 0 Å². The van der Waals surface area contributed by atoms with Gasteiger partial charge in [-0.25, -0.2) is 4.99 Å². The van der Waals surface area contributed by atoms with Gasteiger partial charge in [-0.05, 0) is 53.7 Å². The lowest BCUT2D eigenvalue weighted by Crippen LogP contribution is -2.38. The lowest BCUT2D eigenvalue weighted by Gasteiger charge is -2.30. The first kappa shape index (κ1) is 26.3. The Balaban J connectivity index is 1.41. The van der Waals surface area contributed by atoms with Crippen LogP contribution >= 0.6 is 11.3 Å². The van der Waals surface area contributed by atoms with E-state index in [9.17, 15) is 14.9 Å². The van der Waals surface area contributed by atoms with Crippen molar-refractivity contribution in [2.45, 2.75) is 25.8 Å². The van der Waals surface area contributed by atoms with Gasteiger partial charge in [-0.3, -0.25) is 19.5 Å². The van der Waals surface area contributed by atoms with Gasteiger partial charge in [0.15, 0.2) is 4.80 Å². The van der Waals surface area contributed by atoms with Gasteiger partial charge in [0.25, 0.3) is 11.2 Å². The molecule has 44 heavy (non-hydrogen) atoms. The van der Waals surface area contributed by atoms with Gasteiger partial charge in [0.1, 0.15) is 0 Å². The lowest BCUT2D eigenvalue weighted by molar-refractivity contribution is -0.384. The van der Waals surface area contributed by atoms with Crippen molar-refractivity contribution in [3.8, 4) is 11.3 Å². The number of hydrogen-bond donors (Lipinski definition) is 1. The largest absolute Gasteiger partial charge is 0.354 e. The van der Waals surface area contributed by atoms with Crippen LogP contribution in [-0.4, -0.2) is 14.5 Å². The fourth-order valence-corrected chi connectivity index (χ4v) is 7.61. The fourth-order valence-electron chi connectivity index (χ4n) is 6.63. The molecule has 7 nitrogen and oxygen atoms in total. The zero-order valence-corrected chi connectivity index (χ0v) is 24.6. The number of rotatable bonds is 4. The van der Waals surface area contributed by atoms with Crippen LogP contribution in [0.2, 0.25) is 0 Å². The van der Waals surface area contributed by atoms with Crippen LogP contribution in [0, 0.1) is 17.0 Å². The van der Waals surface area contributed by atoms with E-state index in [1.165, 1.54) is 23.0 Å². The van der Waals surface area contributed by atoms with E-state index in [-0.39, 0.29) is 16.2 Å². The van der Waals surface area contributed by atoms with E-state index in [2.05, 4.69) is 48.3 Å². The SMILES string of the molecule is Cc1cccc2c(/C=c3/sc4n(c3=O)C(c3cccc([N+](=O)[O-])c3)C3=C(N=4)c4ccccc4CC3)c(-c3ccccc3)[nH]c12. The van der Waals surface area contributed by atoms with E-state index in [1.807, 2.05) is 48.5 Å². The van der Waals surface area contributed by atoms with Crippen molar-refractivity contribution in [2.75, 3.05) is 0 Å². The molecular formula is C36H26N4O3S. The van der Waals surface area contributed by atoms with Gasteiger partial charge >= 0.3 is 0 Å². The molecule has 1 atom stereocenters. The van der Waals surface area contributed by atoms with Crippen molar-refractivity contribution in [3.05, 3.63) is 160 Å². The number of para-hydroxylation sites is 1. The Kier molecular flexibility index (Phi) is 6.06. The summed E-state index contributed by atoms with van der Waals surface area (Å²) < 4.78 is 2.30. The molecule has 0 bridgehead atoms. The molecule has 1 unspecified atom stereocenters. The molecule has 0 saturated carbocycles. The molecule has 1 aliphatic heterocycles. The minimum Gasteiger partial charge on any atom is -0.354 e. The molecule has 4 aromatic carbocycles. The molecule has 2 aliphatic rings. The molecule has 2 aromatic heterocycles. The zero-order valence-electron chi connectivity index (χ0n) is 23.8. The molecule has 8 heteroatoms. The van der Waals surface area contributed by atoms with E-state index in [0.717, 1.165) is 56.5 Å². The highest BCUT2D eigenvalue weighted by Crippen LogP contribution is 2.42. The van der Waals surface area contributed by atoms with Crippen molar-refractivity contribution >= 4 is 39.7 Å². The topological polar surface area (TPSA) is 93.3 Å². The number of aromatic amines is 1. The van der Waals surface area contributed by atoms with Gasteiger partial charge in [0.05, 0.1) is 26.9 Å². The van der Waals surface area contributed by atoms with Crippen LogP contribution in [0.15, 0.2) is 112 Å². The second-order valence-corrected chi connectivity index (χ2v) is 12.3. The average Bonchev–Trinajstić information content (AvgIpc) is 3.58. The molecule has 3 heterocycles. The molecule has 0 amide bonds. The van der Waals surface area contributed by atoms with Gasteiger partial charge in [-0.2, -0.15) is 0 Å². The summed E-state index contributed by atoms with van der Waals surface area (Å²) >= 11 is 1.36. The van der Waals surface area contributed by atoms with Gasteiger partial charge in [0, 0.05) is 34.2 Å². The first-order valence-corrected chi connectivity index (χ1v) is 15.3. The third-order valence-electron chi connectivity index (χ3n) is 8.69. The number of fused-ring (bicyclic) bond motifs is 4. The summed E-state index contributed by atoms with van der Waals surface area (Å²) in [5.74, 6) is 0. The molecule has 0 saturated heterocycles. The second-order valence-electron chi connectivity index (χ2n) is 11.2. The number of thiazole rings is 1. The predicted molar refractivity (Wildman–Crippen MR) is 174 cm³/mol. The number of nitro groups is 1. The molecule has 8 rings (SSSR count). The molecule has 0 spiro atoms. The fraction of sp³-hybridized carbons (Fsp3) is 0.111. The molecule has 0 fully saturated rings. The summed E-state index contributed by atoms with van der Waals surface area (Å²) in [5, 5.41) is 12.8. The van der Waals surface area contributed by atoms with Crippen LogP contribution in [0.4, 0.5) is 5.69 Å². The highest BCUT2D eigenvalue weighted by atomic mass is 32.1. The number of benzene rings is 4. The van der Waals surface area contributed by atoms with E-state index in [0.29, 0.717) is 21.3 Å². The van der Waals surface area contributed by atoms with Crippen molar-refractivity contribution in [1.29, 1.82) is 0 Å². The highest BCUT2D eigenvalue weighted by molar-refractivity contribution is 7.07. The van der Waals surface area contributed by atoms with Crippen LogP contribution < -0.4 is 14.9 Å². The number of nitrogens with one attached hydrogen (secondary N) is 1. The normalized spacial score (nSPS) is 15.9. The monoisotopic (exact) mass is 594 g/mol. The zero-order chi connectivity index (χ0) is 29.9. The van der Waals surface area contributed by atoms with Crippen LogP contribution in [0.1, 0.15) is 40.3 Å². The van der Waals surface area contributed by atoms with E-state index < -0.39 is 6.04 Å². The Hall–Kier alpha value is -5.34. The van der Waals surface area contributed by atoms with Crippen LogP contribution in [0.3, 0.4) is 0 Å². The number of nitro benzene ring substituents is 1. The summed E-state index contributed by atoms with van der Waals surface area (Å²) in [5.41, 5.74) is 9.78. The molecule has 1 aliphatic carbocycles. The Labute approximate surface area is 255 Å². The van der Waals surface area contributed by atoms with Gasteiger partial charge in [-0.1, -0.05) is 96.3 Å². The summed E-state index contributed by atoms with van der Waals surface area (Å²) in [6.45, 7) is 2.08. The smallest absolute Gasteiger partial charge is 0.271 e. The Bertz CT molecular complexity index is 2360. The molecule has 0 radical (unpaired) electrons. The molecule has 6 aromatic rings. The highest BCUT2D eigenvalue weighted by Gasteiger charge is 2.33. The standard InChI is InChI=1S/C36H26N4O3S/c1-21-9-7-16-27-29(32(37-31(21)27)23-11-3-2-4-12-23)20-30-35(41)39-34(24-13-8-14-25(19-24)40(42)43)28-18-17-22-10-5-6-15-26(22)33(28)38-36(39)44-30/h2-16,19-20,34,37H,17-18H2,1H3/b30-20+. The second kappa shape index (κ2) is 10.1. The molecular weight excluding hydrogens is 568 g/mol. The summed E-state index contributed by atoms with van der Waals surface area (Å²) in [6, 6.07) is 30.7. The lowest BCUT2D eigenvalue weighted by atomic mass is 9.83. The molecule has 214 valence electrons. The van der Waals surface area contributed by atoms with Crippen LogP contribution in [0.5, 0.6) is 0 Å². The Morgan fingerprint density at radius 3 is 2.61 bits per heavy atom. The third kappa shape index (κ3) is 4.10. The maximum atomic E-state index is 14.4. The van der Waals surface area contributed by atoms with Crippen molar-refractivity contribution in [1.82, 2.24) is 9.55 Å². The minimum atomic E-state index is -0.490.